The van der Waals surface area contributed by atoms with Crippen molar-refractivity contribution < 1.29 is 197 Å². The van der Waals surface area contributed by atoms with Crippen molar-refractivity contribution in [2.45, 2.75) is 236 Å². The lowest BCUT2D eigenvalue weighted by molar-refractivity contribution is -0.389. The fourth-order valence-corrected chi connectivity index (χ4v) is 11.8. The molecular formula is C48H83N3O41S2. The Balaban J connectivity index is 1.26. The monoisotopic (exact) mass is 1420 g/mol. The van der Waals surface area contributed by atoms with E-state index < -0.39 is 293 Å². The lowest BCUT2D eigenvalue weighted by Crippen LogP contribution is -2.71. The molecule has 0 saturated carbocycles. The number of carbonyl (C=O) groups excluding carboxylic acids is 3. The molecule has 6 aliphatic rings. The van der Waals surface area contributed by atoms with Crippen LogP contribution in [-0.2, 0) is 100 Å². The maximum absolute atomic E-state index is 13.0. The lowest BCUT2D eigenvalue weighted by atomic mass is 9.94. The topological polar surface area (TPSA) is 689 Å². The molecule has 0 aromatic heterocycles. The first kappa shape index (κ1) is 79.9. The van der Waals surface area contributed by atoms with E-state index in [0.717, 1.165) is 20.8 Å². The quantitative estimate of drug-likeness (QED) is 0.0309. The molecule has 0 radical (unpaired) electrons. The number of rotatable bonds is 29. The molecule has 94 heavy (non-hydrogen) atoms. The van der Waals surface area contributed by atoms with Crippen molar-refractivity contribution in [3.05, 3.63) is 0 Å². The summed E-state index contributed by atoms with van der Waals surface area (Å²) in [6.07, 6.45) is -65.5. The highest BCUT2D eigenvalue weighted by molar-refractivity contribution is 7.81. The fraction of sp³-hybridized carbons (Fsp3) is 0.938. The second-order valence-corrected chi connectivity index (χ2v) is 24.7. The predicted octanol–water partition coefficient (Wildman–Crippen LogP) is -15.5. The molecule has 46 heteroatoms. The first-order valence-corrected chi connectivity index (χ1v) is 31.4. The Labute approximate surface area is 533 Å². The molecule has 6 heterocycles. The van der Waals surface area contributed by atoms with Crippen LogP contribution in [0.1, 0.15) is 27.7 Å². The van der Waals surface area contributed by atoms with Crippen LogP contribution < -0.4 is 16.0 Å². The van der Waals surface area contributed by atoms with Gasteiger partial charge in [-0.2, -0.15) is 16.8 Å². The normalized spacial score (nSPS) is 43.0. The number of ether oxygens (including phenoxy) is 12. The van der Waals surface area contributed by atoms with Crippen LogP contribution in [0.15, 0.2) is 0 Å². The van der Waals surface area contributed by atoms with Crippen LogP contribution in [0.4, 0.5) is 0 Å². The second-order valence-electron chi connectivity index (χ2n) is 22.6. The van der Waals surface area contributed by atoms with Crippen LogP contribution >= 0.6 is 0 Å². The third-order valence-electron chi connectivity index (χ3n) is 15.8. The molecule has 3 amide bonds. The fourth-order valence-electron chi connectivity index (χ4n) is 11.0. The smallest absolute Gasteiger partial charge is 0.394 e. The molecule has 0 aromatic carbocycles. The number of amides is 3. The number of aliphatic hydroxyl groups excluding tert-OH is 18. The molecule has 0 aromatic rings. The average Bonchev–Trinajstić information content (AvgIpc) is 0.778. The lowest BCUT2D eigenvalue weighted by Gasteiger charge is -2.51. The minimum atomic E-state index is -5.45. The van der Waals surface area contributed by atoms with Gasteiger partial charge in [0, 0.05) is 20.8 Å². The zero-order valence-corrected chi connectivity index (χ0v) is 51.5. The van der Waals surface area contributed by atoms with E-state index in [4.69, 9.17) is 56.8 Å². The minimum absolute atomic E-state index is 0.889. The summed E-state index contributed by atoms with van der Waals surface area (Å²) in [4.78, 5) is 37.9. The molecule has 6 aliphatic heterocycles. The maximum Gasteiger partial charge on any atom is 0.397 e. The van der Waals surface area contributed by atoms with Crippen LogP contribution in [0, 0.1) is 0 Å². The van der Waals surface area contributed by atoms with Gasteiger partial charge in [-0.25, -0.2) is 8.37 Å². The maximum atomic E-state index is 13.0. The van der Waals surface area contributed by atoms with Crippen molar-refractivity contribution in [3.63, 3.8) is 0 Å². The Bertz CT molecular complexity index is 2650. The molecule has 548 valence electrons. The summed E-state index contributed by atoms with van der Waals surface area (Å²) in [6, 6.07) is -5.70. The Hall–Kier alpha value is -3.05. The molecule has 23 N–H and O–H groups in total. The van der Waals surface area contributed by atoms with E-state index in [1.54, 1.807) is 0 Å². The van der Waals surface area contributed by atoms with Gasteiger partial charge in [0.25, 0.3) is 0 Å². The summed E-state index contributed by atoms with van der Waals surface area (Å²) in [5, 5.41) is 204. The average molecular weight is 1420 g/mol. The van der Waals surface area contributed by atoms with Crippen molar-refractivity contribution in [1.82, 2.24) is 16.0 Å². The molecule has 0 unspecified atom stereocenters. The van der Waals surface area contributed by atoms with Crippen molar-refractivity contribution >= 4 is 38.5 Å². The second kappa shape index (κ2) is 34.3. The summed E-state index contributed by atoms with van der Waals surface area (Å²) in [7, 11) is -10.9. The third kappa shape index (κ3) is 19.7. The summed E-state index contributed by atoms with van der Waals surface area (Å²) in [6.45, 7) is -4.21. The van der Waals surface area contributed by atoms with Crippen LogP contribution in [0.3, 0.4) is 0 Å². The first-order chi connectivity index (χ1) is 43.9. The zero-order chi connectivity index (χ0) is 70.3. The summed E-state index contributed by atoms with van der Waals surface area (Å²) in [5.74, 6) is -2.87. The molecule has 34 atom stereocenters. The van der Waals surface area contributed by atoms with Gasteiger partial charge >= 0.3 is 20.8 Å². The highest BCUT2D eigenvalue weighted by Gasteiger charge is 2.59. The SMILES string of the molecule is CC(=O)N[C@H]1[C@H](OC[C@@H](O)[C@H](O)[C@H](O[C@@H]2O[C@H](CO)[C@H](O)[C@H](OS(=O)(=O)O)[C@H]2O)[C@H](CO)NC(C)=O)O[C@H](CO)[C@@H](O[C@@H]2O[C@H](CO)[C@H](O)[C@H](O[C@@H]3O[C@H](COS(=O)(=O)O)[C@@H](O)[C@H](O[C@@H]4O[C@H](CO)[C@H](O)[C@H](O)[C@H]4O[C@@H]4O[C@@H](C)[C@@H](O)[C@@H](O)[C@@H]4O)[C@H]3NC(C)=O)[C@H]2O)[C@@H]1O. The van der Waals surface area contributed by atoms with E-state index in [2.05, 4.69) is 24.3 Å². The summed E-state index contributed by atoms with van der Waals surface area (Å²) in [5.41, 5.74) is 0. The van der Waals surface area contributed by atoms with Gasteiger partial charge in [-0.1, -0.05) is 0 Å². The van der Waals surface area contributed by atoms with Crippen molar-refractivity contribution in [2.75, 3.05) is 46.2 Å². The number of aliphatic hydroxyl groups is 18. The van der Waals surface area contributed by atoms with E-state index in [-0.39, 0.29) is 0 Å². The van der Waals surface area contributed by atoms with Gasteiger partial charge in [-0.05, 0) is 6.92 Å². The minimum Gasteiger partial charge on any atom is -0.394 e. The van der Waals surface area contributed by atoms with Gasteiger partial charge in [0.1, 0.15) is 159 Å². The van der Waals surface area contributed by atoms with E-state index in [1.165, 1.54) is 6.92 Å². The Morgan fingerprint density at radius 2 is 0.936 bits per heavy atom. The largest absolute Gasteiger partial charge is 0.397 e. The van der Waals surface area contributed by atoms with E-state index in [0.29, 0.717) is 0 Å². The predicted molar refractivity (Wildman–Crippen MR) is 288 cm³/mol. The molecule has 0 spiro atoms. The Kier molecular flexibility index (Phi) is 29.2. The molecule has 6 saturated heterocycles. The van der Waals surface area contributed by atoms with Gasteiger partial charge in [0.05, 0.1) is 58.4 Å². The van der Waals surface area contributed by atoms with Crippen molar-refractivity contribution in [3.8, 4) is 0 Å². The summed E-state index contributed by atoms with van der Waals surface area (Å²) < 4.78 is 144. The third-order valence-corrected chi connectivity index (χ3v) is 16.7. The molecule has 0 bridgehead atoms. The zero-order valence-electron chi connectivity index (χ0n) is 49.9. The number of nitrogens with one attached hydrogen (secondary N) is 3. The first-order valence-electron chi connectivity index (χ1n) is 28.7. The van der Waals surface area contributed by atoms with Gasteiger partial charge < -0.3 is 165 Å². The highest BCUT2D eigenvalue weighted by atomic mass is 32.3. The molecule has 6 rings (SSSR count). The molecule has 0 aliphatic carbocycles. The van der Waals surface area contributed by atoms with Crippen LogP contribution in [0.2, 0.25) is 0 Å². The van der Waals surface area contributed by atoms with Crippen LogP contribution in [-0.4, -0.2) is 390 Å². The Morgan fingerprint density at radius 3 is 1.49 bits per heavy atom. The number of hydrogen-bond donors (Lipinski definition) is 23. The van der Waals surface area contributed by atoms with Crippen molar-refractivity contribution in [2.24, 2.45) is 0 Å². The molecular weight excluding hydrogens is 1340 g/mol. The van der Waals surface area contributed by atoms with Gasteiger partial charge in [-0.15, -0.1) is 0 Å². The van der Waals surface area contributed by atoms with Gasteiger partial charge in [0.15, 0.2) is 37.7 Å². The van der Waals surface area contributed by atoms with E-state index >= 15 is 0 Å². The highest BCUT2D eigenvalue weighted by Crippen LogP contribution is 2.37. The van der Waals surface area contributed by atoms with Gasteiger partial charge in [-0.3, -0.25) is 23.5 Å². The summed E-state index contributed by atoms with van der Waals surface area (Å²) >= 11 is 0. The standard InChI is InChI=1S/C48H83N3O41S2/c1-12-25(61)32(68)34(70)45(81-12)91-42-33(69)27(63)18(6-53)84-48(42)89-39-24(51-15(4)59)44(86-22(30(39)66)11-80-93(73,74)75)90-40-28(64)19(7-54)82-46(35(40)71)88-38-21(9-56)85-43(23(31(38)67)50-14(3)58)79-10-17(60)26(62)37(16(5-52)49-13(2)57)87-47-36(72)41(92-94(76,77)78)29(65)20(8-55)83-47/h12,16-48,52-56,60-72H,5-11H2,1-4H3,(H,49,57)(H,50,58)(H,51,59)(H,73,74,75)(H,76,77,78)/t12-,16-,17+,18+,19+,20+,21+,22+,23+,24+,25+,26-,27-,28-,29-,30+,31+,32+,33-,34-,35+,36+,37+,38+,39+,40-,41-,42+,43+,44-,45-,46-,47-,48-/m0/s1. The van der Waals surface area contributed by atoms with Crippen LogP contribution in [0.25, 0.3) is 0 Å². The number of hydrogen-bond acceptors (Lipinski definition) is 39. The Morgan fingerprint density at radius 1 is 0.457 bits per heavy atom. The number of carbonyl (C=O) groups is 3. The van der Waals surface area contributed by atoms with E-state index in [1.807, 2.05) is 0 Å². The molecule has 44 nitrogen and oxygen atoms in total. The molecule has 6 fully saturated rings. The van der Waals surface area contributed by atoms with Gasteiger partial charge in [0.2, 0.25) is 17.7 Å². The van der Waals surface area contributed by atoms with Crippen LogP contribution in [0.5, 0.6) is 0 Å². The van der Waals surface area contributed by atoms with E-state index in [9.17, 15) is 132 Å². The van der Waals surface area contributed by atoms with Crippen molar-refractivity contribution in [1.29, 1.82) is 0 Å².